The molecular weight excluding hydrogens is 454 g/mol. The summed E-state index contributed by atoms with van der Waals surface area (Å²) in [5, 5.41) is 7.23. The summed E-state index contributed by atoms with van der Waals surface area (Å²) in [7, 11) is -2.05. The summed E-state index contributed by atoms with van der Waals surface area (Å²) in [6, 6.07) is 3.38. The molecule has 12 heteroatoms. The van der Waals surface area contributed by atoms with Crippen molar-refractivity contribution in [2.45, 2.75) is 13.3 Å². The molecule has 0 bridgehead atoms. The monoisotopic (exact) mass is 474 g/mol. The van der Waals surface area contributed by atoms with Crippen LogP contribution in [0, 0.1) is 11.6 Å². The number of nitrogens with zero attached hydrogens (tertiary/aromatic N) is 3. The average molecular weight is 474 g/mol. The van der Waals surface area contributed by atoms with E-state index in [-0.39, 0.29) is 11.4 Å². The van der Waals surface area contributed by atoms with Crippen molar-refractivity contribution in [2.75, 3.05) is 15.8 Å². The van der Waals surface area contributed by atoms with Gasteiger partial charge in [0.05, 0.1) is 29.5 Å². The van der Waals surface area contributed by atoms with Crippen LogP contribution in [0.5, 0.6) is 0 Å². The highest BCUT2D eigenvalue weighted by atomic mass is 32.2. The molecule has 1 aromatic carbocycles. The molecule has 0 unspecified atom stereocenters. The van der Waals surface area contributed by atoms with Gasteiger partial charge in [0.2, 0.25) is 10.0 Å². The van der Waals surface area contributed by atoms with Crippen LogP contribution in [-0.2, 0) is 17.1 Å². The Labute approximate surface area is 187 Å². The first-order chi connectivity index (χ1) is 15.7. The van der Waals surface area contributed by atoms with Gasteiger partial charge in [0.15, 0.2) is 5.82 Å². The standard InChI is InChI=1S/C21H20F2N6O3S/c1-3-6-33(31,32)28-17-5-4-16(22)18(19(17)23)21(30)27-13-7-14-15(10-25-20(14)24-9-13)12-8-26-29(2)11-12/h4-5,7-11,28H,3,6H2,1-2H3,(H,24,25)(H,27,30). The lowest BCUT2D eigenvalue weighted by Crippen LogP contribution is -2.20. The van der Waals surface area contributed by atoms with Crippen LogP contribution in [0.25, 0.3) is 22.2 Å². The first kappa shape index (κ1) is 22.4. The number of amides is 1. The van der Waals surface area contributed by atoms with Crippen LogP contribution in [0.4, 0.5) is 20.2 Å². The second-order valence-corrected chi connectivity index (χ2v) is 9.23. The first-order valence-corrected chi connectivity index (χ1v) is 11.6. The van der Waals surface area contributed by atoms with Crippen LogP contribution in [0.3, 0.4) is 0 Å². The molecule has 33 heavy (non-hydrogen) atoms. The molecule has 0 aliphatic carbocycles. The Hall–Kier alpha value is -3.80. The van der Waals surface area contributed by atoms with E-state index < -0.39 is 38.8 Å². The number of carbonyl (C=O) groups is 1. The predicted octanol–water partition coefficient (Wildman–Crippen LogP) is 3.65. The molecule has 3 heterocycles. The Kier molecular flexibility index (Phi) is 5.85. The van der Waals surface area contributed by atoms with E-state index in [9.17, 15) is 22.0 Å². The van der Waals surface area contributed by atoms with Crippen molar-refractivity contribution in [1.82, 2.24) is 19.7 Å². The second-order valence-electron chi connectivity index (χ2n) is 7.38. The van der Waals surface area contributed by atoms with E-state index in [0.29, 0.717) is 17.5 Å². The molecule has 9 nitrogen and oxygen atoms in total. The molecule has 0 saturated carbocycles. The number of rotatable bonds is 7. The zero-order valence-electron chi connectivity index (χ0n) is 17.7. The lowest BCUT2D eigenvalue weighted by atomic mass is 10.1. The molecule has 3 aromatic heterocycles. The highest BCUT2D eigenvalue weighted by molar-refractivity contribution is 7.92. The van der Waals surface area contributed by atoms with Gasteiger partial charge in [-0.05, 0) is 24.6 Å². The van der Waals surface area contributed by atoms with Crippen LogP contribution < -0.4 is 10.0 Å². The molecule has 4 aromatic rings. The van der Waals surface area contributed by atoms with E-state index in [1.807, 2.05) is 10.9 Å². The molecular formula is C21H20F2N6O3S. The summed E-state index contributed by atoms with van der Waals surface area (Å²) in [5.41, 5.74) is 0.940. The summed E-state index contributed by atoms with van der Waals surface area (Å²) >= 11 is 0. The summed E-state index contributed by atoms with van der Waals surface area (Å²) in [6.45, 7) is 1.65. The van der Waals surface area contributed by atoms with Crippen LogP contribution in [0.1, 0.15) is 23.7 Å². The smallest absolute Gasteiger partial charge is 0.261 e. The number of H-pyrrole nitrogens is 1. The second kappa shape index (κ2) is 8.62. The normalized spacial score (nSPS) is 11.6. The number of aromatic nitrogens is 4. The molecule has 0 atom stereocenters. The van der Waals surface area contributed by atoms with E-state index in [1.165, 1.54) is 6.20 Å². The Balaban J connectivity index is 1.65. The number of anilines is 2. The zero-order chi connectivity index (χ0) is 23.8. The van der Waals surface area contributed by atoms with Gasteiger partial charge >= 0.3 is 0 Å². The first-order valence-electron chi connectivity index (χ1n) is 9.94. The minimum atomic E-state index is -3.83. The Morgan fingerprint density at radius 3 is 2.73 bits per heavy atom. The molecule has 4 rings (SSSR count). The highest BCUT2D eigenvalue weighted by Gasteiger charge is 2.23. The molecule has 1 amide bonds. The molecule has 0 aliphatic rings. The fraction of sp³-hybridized carbons (Fsp3) is 0.190. The number of carbonyl (C=O) groups excluding carboxylic acids is 1. The van der Waals surface area contributed by atoms with Crippen molar-refractivity contribution >= 4 is 38.3 Å². The maximum absolute atomic E-state index is 14.9. The minimum absolute atomic E-state index is 0.202. The van der Waals surface area contributed by atoms with Crippen molar-refractivity contribution in [3.05, 3.63) is 60.2 Å². The number of sulfonamides is 1. The van der Waals surface area contributed by atoms with Crippen molar-refractivity contribution in [3.63, 3.8) is 0 Å². The zero-order valence-corrected chi connectivity index (χ0v) is 18.5. The molecule has 172 valence electrons. The van der Waals surface area contributed by atoms with E-state index >= 15 is 0 Å². The Morgan fingerprint density at radius 1 is 1.24 bits per heavy atom. The summed E-state index contributed by atoms with van der Waals surface area (Å²) in [4.78, 5) is 20.0. The van der Waals surface area contributed by atoms with Crippen LogP contribution in [-0.4, -0.2) is 39.8 Å². The van der Waals surface area contributed by atoms with Gasteiger partial charge in [0.25, 0.3) is 5.91 Å². The average Bonchev–Trinajstić information content (AvgIpc) is 3.35. The van der Waals surface area contributed by atoms with Gasteiger partial charge < -0.3 is 10.3 Å². The van der Waals surface area contributed by atoms with E-state index in [0.717, 1.165) is 23.3 Å². The van der Waals surface area contributed by atoms with E-state index in [4.69, 9.17) is 0 Å². The maximum Gasteiger partial charge on any atom is 0.261 e. The summed E-state index contributed by atoms with van der Waals surface area (Å²) in [6.07, 6.45) is 6.87. The highest BCUT2D eigenvalue weighted by Crippen LogP contribution is 2.29. The molecule has 3 N–H and O–H groups in total. The number of hydrogen-bond acceptors (Lipinski definition) is 5. The van der Waals surface area contributed by atoms with Gasteiger partial charge in [0.1, 0.15) is 17.0 Å². The third-order valence-corrected chi connectivity index (χ3v) is 6.34. The SMILES string of the molecule is CCCS(=O)(=O)Nc1ccc(F)c(C(=O)Nc2cnc3[nH]cc(-c4cnn(C)c4)c3c2)c1F. The minimum Gasteiger partial charge on any atom is -0.346 e. The number of hydrogen-bond donors (Lipinski definition) is 3. The Morgan fingerprint density at radius 2 is 2.03 bits per heavy atom. The van der Waals surface area contributed by atoms with Gasteiger partial charge in [-0.15, -0.1) is 0 Å². The lowest BCUT2D eigenvalue weighted by Gasteiger charge is -2.12. The third-order valence-electron chi connectivity index (χ3n) is 4.86. The van der Waals surface area contributed by atoms with Gasteiger partial charge in [0, 0.05) is 36.0 Å². The van der Waals surface area contributed by atoms with Crippen LogP contribution in [0.2, 0.25) is 0 Å². The number of benzene rings is 1. The third kappa shape index (κ3) is 4.55. The Bertz CT molecular complexity index is 1460. The van der Waals surface area contributed by atoms with E-state index in [1.54, 1.807) is 37.1 Å². The molecule has 0 radical (unpaired) electrons. The van der Waals surface area contributed by atoms with Gasteiger partial charge in [-0.3, -0.25) is 14.2 Å². The lowest BCUT2D eigenvalue weighted by molar-refractivity contribution is 0.101. The van der Waals surface area contributed by atoms with Gasteiger partial charge in [-0.2, -0.15) is 5.10 Å². The molecule has 0 aliphatic heterocycles. The number of pyridine rings is 1. The van der Waals surface area contributed by atoms with Crippen LogP contribution in [0.15, 0.2) is 43.0 Å². The topological polar surface area (TPSA) is 122 Å². The predicted molar refractivity (Wildman–Crippen MR) is 120 cm³/mol. The number of halogens is 2. The van der Waals surface area contributed by atoms with Gasteiger partial charge in [-0.1, -0.05) is 6.92 Å². The number of fused-ring (bicyclic) bond motifs is 1. The van der Waals surface area contributed by atoms with Crippen molar-refractivity contribution in [3.8, 4) is 11.1 Å². The fourth-order valence-electron chi connectivity index (χ4n) is 3.39. The summed E-state index contributed by atoms with van der Waals surface area (Å²) < 4.78 is 56.9. The van der Waals surface area contributed by atoms with Crippen molar-refractivity contribution in [1.29, 1.82) is 0 Å². The quantitative estimate of drug-likeness (QED) is 0.378. The number of aromatic amines is 1. The van der Waals surface area contributed by atoms with E-state index in [2.05, 4.69) is 20.4 Å². The number of nitrogens with one attached hydrogen (secondary N) is 3. The van der Waals surface area contributed by atoms with Crippen molar-refractivity contribution < 1.29 is 22.0 Å². The van der Waals surface area contributed by atoms with Gasteiger partial charge in [-0.25, -0.2) is 22.2 Å². The fourth-order valence-corrected chi connectivity index (χ4v) is 4.52. The summed E-state index contributed by atoms with van der Waals surface area (Å²) in [5.74, 6) is -3.76. The van der Waals surface area contributed by atoms with Crippen molar-refractivity contribution in [2.24, 2.45) is 7.05 Å². The maximum atomic E-state index is 14.9. The molecule has 0 fully saturated rings. The number of aryl methyl sites for hydroxylation is 1. The van der Waals surface area contributed by atoms with Crippen LogP contribution >= 0.6 is 0 Å². The molecule has 0 saturated heterocycles. The largest absolute Gasteiger partial charge is 0.346 e. The molecule has 0 spiro atoms.